The highest BCUT2D eigenvalue weighted by Crippen LogP contribution is 2.09. The minimum atomic E-state index is 1.38. The van der Waals surface area contributed by atoms with Crippen LogP contribution in [-0.2, 0) is 0 Å². The Kier molecular flexibility index (Phi) is 6.36. The first-order valence-corrected chi connectivity index (χ1v) is 5.82. The average molecular weight is 170 g/mol. The summed E-state index contributed by atoms with van der Waals surface area (Å²) in [7, 11) is 0. The van der Waals surface area contributed by atoms with E-state index in [1.54, 1.807) is 0 Å². The zero-order chi connectivity index (χ0) is 8.49. The highest BCUT2D eigenvalue weighted by molar-refractivity contribution is 4.47. The lowest BCUT2D eigenvalue weighted by Gasteiger charge is -2.05. The third-order valence-corrected chi connectivity index (χ3v) is 2.82. The van der Waals surface area contributed by atoms with Crippen molar-refractivity contribution in [3.05, 3.63) is 0 Å². The van der Waals surface area contributed by atoms with Crippen molar-refractivity contribution >= 4 is 0 Å². The molecule has 1 heteroatoms. The third kappa shape index (κ3) is 5.59. The molecule has 0 amide bonds. The normalized spacial score (nSPS) is 24.0. The number of rotatable bonds is 0. The van der Waals surface area contributed by atoms with Crippen molar-refractivity contribution in [2.75, 3.05) is 13.1 Å². The summed E-state index contributed by atoms with van der Waals surface area (Å²) >= 11 is 0. The van der Waals surface area contributed by atoms with Crippen LogP contribution >= 0.6 is 0 Å². The van der Waals surface area contributed by atoms with Crippen molar-refractivity contribution in [1.29, 1.82) is 0 Å². The van der Waals surface area contributed by atoms with Crippen LogP contribution in [0.4, 0.5) is 0 Å². The second-order valence-electron chi connectivity index (χ2n) is 4.05. The SMILES string of the molecule is C1CCCCC[NH2+]CCCCC1. The van der Waals surface area contributed by atoms with Gasteiger partial charge in [-0.25, -0.2) is 0 Å². The molecule has 1 saturated heterocycles. The quantitative estimate of drug-likeness (QED) is 0.573. The van der Waals surface area contributed by atoms with Gasteiger partial charge in [0.2, 0.25) is 0 Å². The molecule has 1 fully saturated rings. The van der Waals surface area contributed by atoms with Gasteiger partial charge in [-0.2, -0.15) is 0 Å². The van der Waals surface area contributed by atoms with Crippen molar-refractivity contribution in [1.82, 2.24) is 0 Å². The molecular weight excluding hydrogens is 146 g/mol. The van der Waals surface area contributed by atoms with E-state index in [1.807, 2.05) is 0 Å². The molecular formula is C11H24N+. The van der Waals surface area contributed by atoms with Crippen molar-refractivity contribution in [3.63, 3.8) is 0 Å². The largest absolute Gasteiger partial charge is 0.346 e. The van der Waals surface area contributed by atoms with Gasteiger partial charge in [0.25, 0.3) is 0 Å². The highest BCUT2D eigenvalue weighted by Gasteiger charge is 1.97. The van der Waals surface area contributed by atoms with Gasteiger partial charge in [-0.05, 0) is 25.7 Å². The molecule has 0 saturated carbocycles. The van der Waals surface area contributed by atoms with Gasteiger partial charge in [0.15, 0.2) is 0 Å². The molecule has 72 valence electrons. The van der Waals surface area contributed by atoms with Crippen molar-refractivity contribution in [2.24, 2.45) is 0 Å². The van der Waals surface area contributed by atoms with Gasteiger partial charge in [-0.15, -0.1) is 0 Å². The van der Waals surface area contributed by atoms with E-state index in [2.05, 4.69) is 5.32 Å². The summed E-state index contributed by atoms with van der Waals surface area (Å²) in [5.41, 5.74) is 0. The highest BCUT2D eigenvalue weighted by atomic mass is 14.8. The number of hydrogen-bond acceptors (Lipinski definition) is 0. The van der Waals surface area contributed by atoms with Crippen molar-refractivity contribution in [3.8, 4) is 0 Å². The van der Waals surface area contributed by atoms with Crippen molar-refractivity contribution < 1.29 is 5.32 Å². The Morgan fingerprint density at radius 3 is 1.17 bits per heavy atom. The molecule has 1 aliphatic heterocycles. The van der Waals surface area contributed by atoms with Gasteiger partial charge < -0.3 is 5.32 Å². The van der Waals surface area contributed by atoms with Gasteiger partial charge in [-0.1, -0.05) is 32.1 Å². The first-order chi connectivity index (χ1) is 6.00. The second kappa shape index (κ2) is 7.60. The van der Waals surface area contributed by atoms with Crippen LogP contribution in [0.5, 0.6) is 0 Å². The molecule has 0 unspecified atom stereocenters. The zero-order valence-electron chi connectivity index (χ0n) is 8.36. The summed E-state index contributed by atoms with van der Waals surface area (Å²) in [6, 6.07) is 0. The summed E-state index contributed by atoms with van der Waals surface area (Å²) in [4.78, 5) is 0. The Hall–Kier alpha value is -0.0400. The van der Waals surface area contributed by atoms with Crippen molar-refractivity contribution in [2.45, 2.75) is 57.8 Å². The fourth-order valence-electron chi connectivity index (χ4n) is 1.96. The maximum absolute atomic E-state index is 2.50. The molecule has 0 radical (unpaired) electrons. The van der Waals surface area contributed by atoms with Gasteiger partial charge in [-0.3, -0.25) is 0 Å². The van der Waals surface area contributed by atoms with Crippen LogP contribution in [0.3, 0.4) is 0 Å². The summed E-state index contributed by atoms with van der Waals surface area (Å²) in [5, 5.41) is 2.50. The first kappa shape index (κ1) is 10.0. The monoisotopic (exact) mass is 170 g/mol. The fourth-order valence-corrected chi connectivity index (χ4v) is 1.96. The van der Waals surface area contributed by atoms with Crippen LogP contribution in [0, 0.1) is 0 Å². The van der Waals surface area contributed by atoms with Crippen LogP contribution in [0.1, 0.15) is 57.8 Å². The van der Waals surface area contributed by atoms with E-state index >= 15 is 0 Å². The molecule has 1 heterocycles. The van der Waals surface area contributed by atoms with E-state index < -0.39 is 0 Å². The Balaban J connectivity index is 2.00. The van der Waals surface area contributed by atoms with E-state index in [0.29, 0.717) is 0 Å². The molecule has 0 aromatic rings. The molecule has 12 heavy (non-hydrogen) atoms. The molecule has 0 spiro atoms. The smallest absolute Gasteiger partial charge is 0.0755 e. The van der Waals surface area contributed by atoms with Crippen LogP contribution in [-0.4, -0.2) is 13.1 Å². The predicted octanol–water partition coefficient (Wildman–Crippen LogP) is 2.07. The van der Waals surface area contributed by atoms with E-state index in [-0.39, 0.29) is 0 Å². The van der Waals surface area contributed by atoms with Gasteiger partial charge >= 0.3 is 0 Å². The van der Waals surface area contributed by atoms with Crippen LogP contribution in [0.15, 0.2) is 0 Å². The van der Waals surface area contributed by atoms with Crippen LogP contribution in [0.25, 0.3) is 0 Å². The lowest BCUT2D eigenvalue weighted by Crippen LogP contribution is -2.84. The molecule has 0 aromatic carbocycles. The van der Waals surface area contributed by atoms with E-state index in [0.717, 1.165) is 0 Å². The Morgan fingerprint density at radius 1 is 0.417 bits per heavy atom. The number of quaternary nitrogens is 1. The number of hydrogen-bond donors (Lipinski definition) is 1. The molecule has 0 aliphatic carbocycles. The van der Waals surface area contributed by atoms with Gasteiger partial charge in [0, 0.05) is 0 Å². The van der Waals surface area contributed by atoms with Crippen LogP contribution < -0.4 is 5.32 Å². The lowest BCUT2D eigenvalue weighted by molar-refractivity contribution is -0.655. The third-order valence-electron chi connectivity index (χ3n) is 2.82. The molecule has 1 aliphatic rings. The summed E-state index contributed by atoms with van der Waals surface area (Å²) < 4.78 is 0. The molecule has 0 bridgehead atoms. The standard InChI is InChI=1S/C11H23N/c1-2-4-6-8-10-12-11-9-7-5-3-1/h12H,1-11H2/p+1. The first-order valence-electron chi connectivity index (χ1n) is 5.82. The molecule has 0 atom stereocenters. The predicted molar refractivity (Wildman–Crippen MR) is 53.2 cm³/mol. The van der Waals surface area contributed by atoms with E-state index in [1.165, 1.54) is 70.9 Å². The molecule has 2 N–H and O–H groups in total. The number of nitrogens with two attached hydrogens (primary N) is 1. The lowest BCUT2D eigenvalue weighted by atomic mass is 10.1. The summed E-state index contributed by atoms with van der Waals surface area (Å²) in [6.45, 7) is 2.75. The Bertz CT molecular complexity index is 48.0. The average Bonchev–Trinajstić information content (AvgIpc) is 2.05. The maximum atomic E-state index is 2.50. The van der Waals surface area contributed by atoms with Gasteiger partial charge in [0.1, 0.15) is 0 Å². The summed E-state index contributed by atoms with van der Waals surface area (Å²) in [5.74, 6) is 0. The molecule has 1 rings (SSSR count). The zero-order valence-corrected chi connectivity index (χ0v) is 8.36. The second-order valence-corrected chi connectivity index (χ2v) is 4.05. The molecule has 0 aromatic heterocycles. The molecule has 1 nitrogen and oxygen atoms in total. The minimum absolute atomic E-state index is 1.38. The topological polar surface area (TPSA) is 16.6 Å². The fraction of sp³-hybridized carbons (Fsp3) is 1.00. The van der Waals surface area contributed by atoms with E-state index in [9.17, 15) is 0 Å². The minimum Gasteiger partial charge on any atom is -0.346 e. The van der Waals surface area contributed by atoms with E-state index in [4.69, 9.17) is 0 Å². The Morgan fingerprint density at radius 2 is 0.750 bits per heavy atom. The van der Waals surface area contributed by atoms with Gasteiger partial charge in [0.05, 0.1) is 13.1 Å². The Labute approximate surface area is 76.9 Å². The summed E-state index contributed by atoms with van der Waals surface area (Å²) in [6.07, 6.45) is 13.2. The maximum Gasteiger partial charge on any atom is 0.0755 e. The van der Waals surface area contributed by atoms with Crippen LogP contribution in [0.2, 0.25) is 0 Å².